The molecule has 3 aromatic rings. The maximum atomic E-state index is 13.1. The van der Waals surface area contributed by atoms with Crippen molar-refractivity contribution in [3.8, 4) is 0 Å². The minimum absolute atomic E-state index is 0.128. The van der Waals surface area contributed by atoms with Gasteiger partial charge in [0.1, 0.15) is 12.8 Å². The van der Waals surface area contributed by atoms with Crippen LogP contribution >= 0.6 is 0 Å². The molecule has 5 nitrogen and oxygen atoms in total. The number of nitrogens with zero attached hydrogens (tertiary/aromatic N) is 1. The summed E-state index contributed by atoms with van der Waals surface area (Å²) >= 11 is 0. The number of halogens is 3. The molecule has 1 heterocycles. The molecule has 0 aromatic heterocycles. The fourth-order valence-electron chi connectivity index (χ4n) is 3.58. The molecule has 0 spiro atoms. The normalized spacial score (nSPS) is 15.2. The van der Waals surface area contributed by atoms with E-state index in [1.165, 1.54) is 6.07 Å². The van der Waals surface area contributed by atoms with Crippen molar-refractivity contribution < 1.29 is 22.7 Å². The van der Waals surface area contributed by atoms with Crippen LogP contribution < -0.4 is 15.5 Å². The van der Waals surface area contributed by atoms with Crippen LogP contribution in [-0.2, 0) is 17.5 Å². The van der Waals surface area contributed by atoms with Gasteiger partial charge in [-0.1, -0.05) is 48.5 Å². The molecule has 1 aliphatic rings. The Kier molecular flexibility index (Phi) is 5.46. The van der Waals surface area contributed by atoms with E-state index in [0.29, 0.717) is 22.6 Å². The monoisotopic (exact) mass is 427 g/mol. The van der Waals surface area contributed by atoms with Crippen molar-refractivity contribution in [1.82, 2.24) is 0 Å². The largest absolute Gasteiger partial charge is 0.444 e. The average molecular weight is 427 g/mol. The summed E-state index contributed by atoms with van der Waals surface area (Å²) in [5.41, 5.74) is 2.48. The summed E-state index contributed by atoms with van der Waals surface area (Å²) in [6, 6.07) is 19.8. The zero-order valence-corrected chi connectivity index (χ0v) is 16.6. The molecule has 8 heteroatoms. The zero-order valence-electron chi connectivity index (χ0n) is 16.6. The van der Waals surface area contributed by atoms with Crippen LogP contribution in [0.25, 0.3) is 0 Å². The summed E-state index contributed by atoms with van der Waals surface area (Å²) < 4.78 is 44.6. The van der Waals surface area contributed by atoms with Gasteiger partial charge in [-0.3, -0.25) is 5.32 Å². The number of alkyl halides is 3. The lowest BCUT2D eigenvalue weighted by molar-refractivity contribution is -0.137. The van der Waals surface area contributed by atoms with Crippen molar-refractivity contribution >= 4 is 23.2 Å². The van der Waals surface area contributed by atoms with Crippen LogP contribution in [-0.4, -0.2) is 13.1 Å². The van der Waals surface area contributed by atoms with Crippen molar-refractivity contribution in [3.05, 3.63) is 89.5 Å². The highest BCUT2D eigenvalue weighted by atomic mass is 19.4. The van der Waals surface area contributed by atoms with Gasteiger partial charge in [0.05, 0.1) is 22.6 Å². The Balaban J connectivity index is 1.51. The molecule has 4 rings (SSSR count). The number of carbonyl (C=O) groups is 1. The van der Waals surface area contributed by atoms with Gasteiger partial charge in [0, 0.05) is 7.05 Å². The zero-order chi connectivity index (χ0) is 22.0. The van der Waals surface area contributed by atoms with Gasteiger partial charge in [-0.2, -0.15) is 13.2 Å². The molecule has 0 fully saturated rings. The number of fused-ring (bicyclic) bond motifs is 1. The first-order valence-electron chi connectivity index (χ1n) is 9.60. The molecule has 1 atom stereocenters. The lowest BCUT2D eigenvalue weighted by atomic mass is 10.1. The fourth-order valence-corrected chi connectivity index (χ4v) is 3.58. The topological polar surface area (TPSA) is 53.6 Å². The van der Waals surface area contributed by atoms with E-state index < -0.39 is 24.0 Å². The van der Waals surface area contributed by atoms with Gasteiger partial charge in [0.25, 0.3) is 0 Å². The predicted octanol–water partition coefficient (Wildman–Crippen LogP) is 6.01. The number of para-hydroxylation sites is 1. The van der Waals surface area contributed by atoms with Crippen LogP contribution in [0.4, 0.5) is 35.0 Å². The van der Waals surface area contributed by atoms with E-state index in [-0.39, 0.29) is 6.61 Å². The standard InChI is InChI=1S/C23H20F3N3O2/c1-29-20-18(27-21(29)16-9-5-10-17(13-16)23(24,25)26)11-6-12-19(20)28-22(30)31-14-15-7-3-2-4-8-15/h2-13,21,27H,14H2,1H3,(H,28,30). The highest BCUT2D eigenvalue weighted by molar-refractivity contribution is 5.95. The van der Waals surface area contributed by atoms with Crippen molar-refractivity contribution in [3.63, 3.8) is 0 Å². The Morgan fingerprint density at radius 1 is 1.06 bits per heavy atom. The number of hydrogen-bond donors (Lipinski definition) is 2. The van der Waals surface area contributed by atoms with Crippen LogP contribution in [0.5, 0.6) is 0 Å². The van der Waals surface area contributed by atoms with E-state index in [4.69, 9.17) is 4.74 Å². The summed E-state index contributed by atoms with van der Waals surface area (Å²) in [7, 11) is 1.75. The predicted molar refractivity (Wildman–Crippen MR) is 113 cm³/mol. The van der Waals surface area contributed by atoms with Gasteiger partial charge in [-0.25, -0.2) is 4.79 Å². The SMILES string of the molecule is CN1c2c(NC(=O)OCc3ccccc3)cccc2NC1c1cccc(C(F)(F)F)c1. The van der Waals surface area contributed by atoms with Crippen molar-refractivity contribution in [2.24, 2.45) is 0 Å². The number of benzene rings is 3. The number of hydrogen-bond acceptors (Lipinski definition) is 4. The average Bonchev–Trinajstić information content (AvgIpc) is 3.10. The molecule has 1 unspecified atom stereocenters. The molecule has 1 amide bonds. The lowest BCUT2D eigenvalue weighted by Crippen LogP contribution is -2.25. The molecule has 0 aliphatic carbocycles. The molecule has 0 saturated carbocycles. The Bertz CT molecular complexity index is 1090. The van der Waals surface area contributed by atoms with Gasteiger partial charge in [0.15, 0.2) is 0 Å². The maximum Gasteiger partial charge on any atom is 0.416 e. The Labute approximate surface area is 177 Å². The van der Waals surface area contributed by atoms with E-state index in [1.54, 1.807) is 36.2 Å². The number of anilines is 3. The van der Waals surface area contributed by atoms with Crippen molar-refractivity contribution in [2.45, 2.75) is 18.9 Å². The summed E-state index contributed by atoms with van der Waals surface area (Å²) in [6.07, 6.45) is -5.55. The first-order valence-corrected chi connectivity index (χ1v) is 9.60. The van der Waals surface area contributed by atoms with Crippen LogP contribution in [0.1, 0.15) is 22.9 Å². The molecule has 2 N–H and O–H groups in total. The van der Waals surface area contributed by atoms with Crippen LogP contribution in [0.2, 0.25) is 0 Å². The smallest absolute Gasteiger partial charge is 0.416 e. The van der Waals surface area contributed by atoms with Crippen molar-refractivity contribution in [1.29, 1.82) is 0 Å². The summed E-state index contributed by atoms with van der Waals surface area (Å²) in [5.74, 6) is 0. The van der Waals surface area contributed by atoms with Crippen molar-refractivity contribution in [2.75, 3.05) is 22.6 Å². The number of ether oxygens (including phenoxy) is 1. The van der Waals surface area contributed by atoms with Gasteiger partial charge < -0.3 is 15.0 Å². The van der Waals surface area contributed by atoms with Crippen LogP contribution in [0.15, 0.2) is 72.8 Å². The Morgan fingerprint density at radius 3 is 2.55 bits per heavy atom. The Hall–Kier alpha value is -3.68. The summed E-state index contributed by atoms with van der Waals surface area (Å²) in [6.45, 7) is 0.128. The van der Waals surface area contributed by atoms with Crippen LogP contribution in [0, 0.1) is 0 Å². The molecular formula is C23H20F3N3O2. The minimum Gasteiger partial charge on any atom is -0.444 e. The number of nitrogens with one attached hydrogen (secondary N) is 2. The second-order valence-corrected chi connectivity index (χ2v) is 7.17. The first kappa shape index (κ1) is 20.6. The second kappa shape index (κ2) is 8.22. The molecule has 0 radical (unpaired) electrons. The molecule has 0 saturated heterocycles. The Morgan fingerprint density at radius 2 is 1.81 bits per heavy atom. The first-order chi connectivity index (χ1) is 14.8. The molecule has 31 heavy (non-hydrogen) atoms. The quantitative estimate of drug-likeness (QED) is 0.535. The maximum absolute atomic E-state index is 13.1. The molecule has 0 bridgehead atoms. The van der Waals surface area contributed by atoms with Gasteiger partial charge >= 0.3 is 12.3 Å². The molecular weight excluding hydrogens is 407 g/mol. The minimum atomic E-state index is -4.42. The van der Waals surface area contributed by atoms with E-state index in [9.17, 15) is 18.0 Å². The molecule has 160 valence electrons. The number of carbonyl (C=O) groups excluding carboxylic acids is 1. The third-order valence-corrected chi connectivity index (χ3v) is 5.05. The van der Waals surface area contributed by atoms with Crippen LogP contribution in [0.3, 0.4) is 0 Å². The van der Waals surface area contributed by atoms with Gasteiger partial charge in [0.2, 0.25) is 0 Å². The highest BCUT2D eigenvalue weighted by Crippen LogP contribution is 2.45. The lowest BCUT2D eigenvalue weighted by Gasteiger charge is -2.24. The summed E-state index contributed by atoms with van der Waals surface area (Å²) in [4.78, 5) is 14.1. The van der Waals surface area contributed by atoms with E-state index in [2.05, 4.69) is 10.6 Å². The second-order valence-electron chi connectivity index (χ2n) is 7.17. The molecule has 3 aromatic carbocycles. The van der Waals surface area contributed by atoms with E-state index in [0.717, 1.165) is 17.7 Å². The van der Waals surface area contributed by atoms with Gasteiger partial charge in [-0.05, 0) is 35.4 Å². The third-order valence-electron chi connectivity index (χ3n) is 5.05. The fraction of sp³-hybridized carbons (Fsp3) is 0.174. The number of rotatable bonds is 4. The van der Waals surface area contributed by atoms with E-state index >= 15 is 0 Å². The highest BCUT2D eigenvalue weighted by Gasteiger charge is 2.34. The summed E-state index contributed by atoms with van der Waals surface area (Å²) in [5, 5.41) is 5.94. The van der Waals surface area contributed by atoms with E-state index in [1.807, 2.05) is 30.3 Å². The van der Waals surface area contributed by atoms with Gasteiger partial charge in [-0.15, -0.1) is 0 Å². The number of amides is 1. The third kappa shape index (κ3) is 4.42. The molecule has 1 aliphatic heterocycles.